The summed E-state index contributed by atoms with van der Waals surface area (Å²) in [6.07, 6.45) is 0. The number of amides is 1. The van der Waals surface area contributed by atoms with Crippen LogP contribution in [-0.2, 0) is 11.3 Å². The molecule has 0 saturated carbocycles. The maximum absolute atomic E-state index is 13.6. The van der Waals surface area contributed by atoms with Crippen LogP contribution in [0.15, 0.2) is 40.2 Å². The lowest BCUT2D eigenvalue weighted by atomic mass is 10.3. The standard InChI is InChI=1S/C16H15F2N5O2S/c1-9(2)26-15-6-5-13-20-22(16(25)23(13)21-15)8-14(24)19-12-4-3-10(17)7-11(12)18/h3-7,9H,8H2,1-2H3,(H,19,24). The van der Waals surface area contributed by atoms with Crippen molar-refractivity contribution in [2.75, 3.05) is 5.32 Å². The minimum atomic E-state index is -0.905. The Bertz CT molecular complexity index is 1030. The molecule has 3 rings (SSSR count). The fourth-order valence-corrected chi connectivity index (χ4v) is 2.97. The van der Waals surface area contributed by atoms with Gasteiger partial charge in [0.25, 0.3) is 0 Å². The number of rotatable bonds is 5. The van der Waals surface area contributed by atoms with Gasteiger partial charge in [0.1, 0.15) is 23.2 Å². The Kier molecular flexibility index (Phi) is 5.03. The van der Waals surface area contributed by atoms with Gasteiger partial charge in [0.2, 0.25) is 5.91 Å². The van der Waals surface area contributed by atoms with E-state index in [0.717, 1.165) is 21.3 Å². The van der Waals surface area contributed by atoms with Crippen molar-refractivity contribution in [1.29, 1.82) is 0 Å². The summed E-state index contributed by atoms with van der Waals surface area (Å²) in [4.78, 5) is 24.4. The lowest BCUT2D eigenvalue weighted by molar-refractivity contribution is -0.117. The molecule has 1 amide bonds. The molecule has 26 heavy (non-hydrogen) atoms. The van der Waals surface area contributed by atoms with Gasteiger partial charge in [0.05, 0.1) is 5.69 Å². The van der Waals surface area contributed by atoms with Crippen molar-refractivity contribution in [2.24, 2.45) is 0 Å². The number of nitrogens with one attached hydrogen (secondary N) is 1. The molecular weight excluding hydrogens is 364 g/mol. The zero-order valence-corrected chi connectivity index (χ0v) is 14.8. The topological polar surface area (TPSA) is 81.3 Å². The third kappa shape index (κ3) is 3.90. The van der Waals surface area contributed by atoms with E-state index < -0.39 is 29.8 Å². The molecule has 10 heteroatoms. The van der Waals surface area contributed by atoms with Crippen LogP contribution in [0.2, 0.25) is 0 Å². The lowest BCUT2D eigenvalue weighted by Gasteiger charge is -2.05. The van der Waals surface area contributed by atoms with E-state index in [2.05, 4.69) is 15.5 Å². The van der Waals surface area contributed by atoms with Crippen molar-refractivity contribution in [3.63, 3.8) is 0 Å². The first-order chi connectivity index (χ1) is 12.3. The molecule has 0 spiro atoms. The molecule has 2 heterocycles. The molecule has 0 fully saturated rings. The highest BCUT2D eigenvalue weighted by Crippen LogP contribution is 2.19. The number of hydrogen-bond acceptors (Lipinski definition) is 5. The second-order valence-electron chi connectivity index (χ2n) is 5.72. The SMILES string of the molecule is CC(C)Sc1ccc2nn(CC(=O)Nc3ccc(F)cc3F)c(=O)n2n1. The van der Waals surface area contributed by atoms with Gasteiger partial charge in [-0.25, -0.2) is 18.3 Å². The van der Waals surface area contributed by atoms with E-state index in [1.807, 2.05) is 13.8 Å². The number of thioether (sulfide) groups is 1. The van der Waals surface area contributed by atoms with Crippen molar-refractivity contribution in [2.45, 2.75) is 30.7 Å². The first kappa shape index (κ1) is 18.1. The van der Waals surface area contributed by atoms with Crippen molar-refractivity contribution in [1.82, 2.24) is 19.4 Å². The molecule has 0 saturated heterocycles. The first-order valence-corrected chi connectivity index (χ1v) is 8.60. The summed E-state index contributed by atoms with van der Waals surface area (Å²) in [6, 6.07) is 6.15. The highest BCUT2D eigenvalue weighted by atomic mass is 32.2. The average Bonchev–Trinajstić information content (AvgIpc) is 2.86. The molecule has 3 aromatic rings. The van der Waals surface area contributed by atoms with Crippen LogP contribution in [0.3, 0.4) is 0 Å². The van der Waals surface area contributed by atoms with Crippen LogP contribution in [0.4, 0.5) is 14.5 Å². The Balaban J connectivity index is 1.80. The number of fused-ring (bicyclic) bond motifs is 1. The molecule has 0 bridgehead atoms. The third-order valence-electron chi connectivity index (χ3n) is 3.27. The van der Waals surface area contributed by atoms with Gasteiger partial charge < -0.3 is 5.32 Å². The highest BCUT2D eigenvalue weighted by molar-refractivity contribution is 7.99. The Hall–Kier alpha value is -2.75. The Morgan fingerprint density at radius 3 is 2.69 bits per heavy atom. The van der Waals surface area contributed by atoms with E-state index in [0.29, 0.717) is 22.0 Å². The number of nitrogens with zero attached hydrogens (tertiary/aromatic N) is 4. The second-order valence-corrected chi connectivity index (χ2v) is 7.32. The van der Waals surface area contributed by atoms with Crippen LogP contribution >= 0.6 is 11.8 Å². The first-order valence-electron chi connectivity index (χ1n) is 7.72. The van der Waals surface area contributed by atoms with Crippen molar-refractivity contribution >= 4 is 29.0 Å². The van der Waals surface area contributed by atoms with E-state index in [4.69, 9.17) is 0 Å². The van der Waals surface area contributed by atoms with Crippen LogP contribution in [0, 0.1) is 11.6 Å². The van der Waals surface area contributed by atoms with Gasteiger partial charge in [0, 0.05) is 11.3 Å². The largest absolute Gasteiger partial charge is 0.367 e. The predicted octanol–water partition coefficient (Wildman–Crippen LogP) is 2.31. The Morgan fingerprint density at radius 1 is 1.23 bits per heavy atom. The number of aromatic nitrogens is 4. The van der Waals surface area contributed by atoms with Gasteiger partial charge in [-0.2, -0.15) is 9.61 Å². The lowest BCUT2D eigenvalue weighted by Crippen LogP contribution is -2.29. The van der Waals surface area contributed by atoms with Crippen LogP contribution in [0.1, 0.15) is 13.8 Å². The number of carbonyl (C=O) groups is 1. The Morgan fingerprint density at radius 2 is 2.00 bits per heavy atom. The molecular formula is C16H15F2N5O2S. The number of hydrogen-bond donors (Lipinski definition) is 1. The average molecular weight is 379 g/mol. The van der Waals surface area contributed by atoms with Gasteiger partial charge in [-0.3, -0.25) is 4.79 Å². The number of benzene rings is 1. The monoisotopic (exact) mass is 379 g/mol. The number of carbonyl (C=O) groups excluding carboxylic acids is 1. The Labute approximate surface area is 151 Å². The molecule has 0 aliphatic carbocycles. The quantitative estimate of drug-likeness (QED) is 0.688. The normalized spacial score (nSPS) is 11.3. The molecule has 0 aliphatic rings. The molecule has 0 unspecified atom stereocenters. The molecule has 0 aliphatic heterocycles. The van der Waals surface area contributed by atoms with Crippen LogP contribution in [0.25, 0.3) is 5.65 Å². The fraction of sp³-hybridized carbons (Fsp3) is 0.250. The third-order valence-corrected chi connectivity index (χ3v) is 4.20. The molecule has 0 atom stereocenters. The van der Waals surface area contributed by atoms with E-state index >= 15 is 0 Å². The molecule has 0 radical (unpaired) electrons. The summed E-state index contributed by atoms with van der Waals surface area (Å²) in [6.45, 7) is 3.58. The smallest absolute Gasteiger partial charge is 0.322 e. The molecule has 1 aromatic carbocycles. The van der Waals surface area contributed by atoms with Gasteiger partial charge in [-0.1, -0.05) is 13.8 Å². The molecule has 7 nitrogen and oxygen atoms in total. The summed E-state index contributed by atoms with van der Waals surface area (Å²) in [7, 11) is 0. The van der Waals surface area contributed by atoms with Gasteiger partial charge >= 0.3 is 5.69 Å². The van der Waals surface area contributed by atoms with E-state index in [1.54, 1.807) is 12.1 Å². The van der Waals surface area contributed by atoms with E-state index in [1.165, 1.54) is 11.8 Å². The fourth-order valence-electron chi connectivity index (χ4n) is 2.22. The maximum atomic E-state index is 13.6. The van der Waals surface area contributed by atoms with Crippen LogP contribution in [-0.4, -0.2) is 30.6 Å². The molecule has 1 N–H and O–H groups in total. The summed E-state index contributed by atoms with van der Waals surface area (Å²) >= 11 is 1.49. The number of halogens is 2. The van der Waals surface area contributed by atoms with E-state index in [9.17, 15) is 18.4 Å². The summed E-state index contributed by atoms with van der Waals surface area (Å²) in [5.41, 5.74) is -0.466. The van der Waals surface area contributed by atoms with Crippen molar-refractivity contribution < 1.29 is 13.6 Å². The number of anilines is 1. The highest BCUT2D eigenvalue weighted by Gasteiger charge is 2.14. The van der Waals surface area contributed by atoms with E-state index in [-0.39, 0.29) is 5.69 Å². The van der Waals surface area contributed by atoms with Crippen molar-refractivity contribution in [3.05, 3.63) is 52.5 Å². The molecule has 2 aromatic heterocycles. The minimum absolute atomic E-state index is 0.179. The maximum Gasteiger partial charge on any atom is 0.367 e. The van der Waals surface area contributed by atoms with Gasteiger partial charge in [-0.05, 0) is 24.3 Å². The predicted molar refractivity (Wildman–Crippen MR) is 93.2 cm³/mol. The summed E-state index contributed by atoms with van der Waals surface area (Å²) in [5.74, 6) is -2.33. The zero-order valence-electron chi connectivity index (χ0n) is 13.9. The van der Waals surface area contributed by atoms with Crippen LogP contribution in [0.5, 0.6) is 0 Å². The molecule has 136 valence electrons. The summed E-state index contributed by atoms with van der Waals surface area (Å²) < 4.78 is 28.5. The zero-order chi connectivity index (χ0) is 18.8. The van der Waals surface area contributed by atoms with Gasteiger partial charge in [-0.15, -0.1) is 16.9 Å². The minimum Gasteiger partial charge on any atom is -0.322 e. The second kappa shape index (κ2) is 7.24. The van der Waals surface area contributed by atoms with Gasteiger partial charge in [0.15, 0.2) is 5.65 Å². The van der Waals surface area contributed by atoms with Crippen LogP contribution < -0.4 is 11.0 Å². The van der Waals surface area contributed by atoms with Crippen molar-refractivity contribution in [3.8, 4) is 0 Å². The summed E-state index contributed by atoms with van der Waals surface area (Å²) in [5, 5.41) is 11.5.